The fourth-order valence-electron chi connectivity index (χ4n) is 3.62. The quantitative estimate of drug-likeness (QED) is 0.813. The molecule has 0 heterocycles. The Bertz CT molecular complexity index is 308. The van der Waals surface area contributed by atoms with Gasteiger partial charge in [0.25, 0.3) is 0 Å². The van der Waals surface area contributed by atoms with Crippen LogP contribution in [0.15, 0.2) is 0 Å². The molecule has 2 heteroatoms. The van der Waals surface area contributed by atoms with E-state index in [4.69, 9.17) is 4.74 Å². The average Bonchev–Trinajstić information content (AvgIpc) is 2.62. The molecule has 2 aliphatic rings. The lowest BCUT2D eigenvalue weighted by Gasteiger charge is -2.53. The lowest BCUT2D eigenvalue weighted by molar-refractivity contribution is -0.125. The van der Waals surface area contributed by atoms with Crippen LogP contribution in [-0.4, -0.2) is 24.8 Å². The van der Waals surface area contributed by atoms with Gasteiger partial charge in [-0.3, -0.25) is 0 Å². The van der Waals surface area contributed by atoms with Crippen LogP contribution >= 0.6 is 0 Å². The Morgan fingerprint density at radius 3 is 2.37 bits per heavy atom. The maximum atomic E-state index is 6.05. The molecule has 2 aliphatic carbocycles. The summed E-state index contributed by atoms with van der Waals surface area (Å²) in [5, 5.41) is 3.90. The summed E-state index contributed by atoms with van der Waals surface area (Å²) in [6.45, 7) is 14.9. The highest BCUT2D eigenvalue weighted by atomic mass is 16.5. The zero-order valence-corrected chi connectivity index (χ0v) is 13.8. The van der Waals surface area contributed by atoms with E-state index >= 15 is 0 Å². The monoisotopic (exact) mass is 267 g/mol. The summed E-state index contributed by atoms with van der Waals surface area (Å²) in [5.74, 6) is 0.637. The lowest BCUT2D eigenvalue weighted by Crippen LogP contribution is -2.62. The molecule has 0 aromatic carbocycles. The standard InChI is InChI=1S/C17H33NO/c1-12(2)11-19-15-9-14(17(15,5)6)18-13-7-8-16(3,4)10-13/h12-15,18H,7-11H2,1-6H3. The molecule has 112 valence electrons. The van der Waals surface area contributed by atoms with Gasteiger partial charge in [0, 0.05) is 24.1 Å². The van der Waals surface area contributed by atoms with Gasteiger partial charge >= 0.3 is 0 Å². The minimum atomic E-state index is 0.293. The van der Waals surface area contributed by atoms with Crippen molar-refractivity contribution in [2.24, 2.45) is 16.7 Å². The van der Waals surface area contributed by atoms with Gasteiger partial charge in [0.15, 0.2) is 0 Å². The zero-order valence-electron chi connectivity index (χ0n) is 13.8. The van der Waals surface area contributed by atoms with Crippen molar-refractivity contribution in [2.75, 3.05) is 6.61 Å². The number of nitrogens with one attached hydrogen (secondary N) is 1. The fraction of sp³-hybridized carbons (Fsp3) is 1.00. The first-order valence-electron chi connectivity index (χ1n) is 8.08. The topological polar surface area (TPSA) is 21.3 Å². The van der Waals surface area contributed by atoms with Gasteiger partial charge in [0.2, 0.25) is 0 Å². The summed E-state index contributed by atoms with van der Waals surface area (Å²) in [6, 6.07) is 1.37. The molecule has 2 nitrogen and oxygen atoms in total. The Hall–Kier alpha value is -0.0800. The molecule has 3 atom stereocenters. The van der Waals surface area contributed by atoms with Crippen molar-refractivity contribution in [1.82, 2.24) is 5.32 Å². The molecular formula is C17H33NO. The molecule has 2 rings (SSSR count). The van der Waals surface area contributed by atoms with Crippen molar-refractivity contribution in [2.45, 2.75) is 85.4 Å². The third kappa shape index (κ3) is 3.52. The van der Waals surface area contributed by atoms with Gasteiger partial charge in [-0.25, -0.2) is 0 Å². The van der Waals surface area contributed by atoms with Crippen LogP contribution in [0.2, 0.25) is 0 Å². The molecule has 0 amide bonds. The summed E-state index contributed by atoms with van der Waals surface area (Å²) in [5.41, 5.74) is 0.834. The van der Waals surface area contributed by atoms with Crippen LogP contribution in [0.4, 0.5) is 0 Å². The Morgan fingerprint density at radius 2 is 1.89 bits per heavy atom. The first-order chi connectivity index (χ1) is 8.71. The Balaban J connectivity index is 1.78. The maximum Gasteiger partial charge on any atom is 0.0656 e. The molecule has 2 saturated carbocycles. The van der Waals surface area contributed by atoms with Crippen LogP contribution in [0.1, 0.15) is 67.2 Å². The molecule has 0 saturated heterocycles. The molecule has 0 aliphatic heterocycles. The average molecular weight is 267 g/mol. The van der Waals surface area contributed by atoms with E-state index < -0.39 is 0 Å². The third-order valence-electron chi connectivity index (χ3n) is 5.21. The number of rotatable bonds is 5. The minimum Gasteiger partial charge on any atom is -0.377 e. The second-order valence-corrected chi connectivity index (χ2v) is 8.60. The van der Waals surface area contributed by atoms with Crippen molar-refractivity contribution in [3.05, 3.63) is 0 Å². The molecule has 3 unspecified atom stereocenters. The second kappa shape index (κ2) is 5.37. The highest BCUT2D eigenvalue weighted by Gasteiger charge is 2.50. The van der Waals surface area contributed by atoms with E-state index in [1.54, 1.807) is 0 Å². The molecule has 0 aromatic rings. The maximum absolute atomic E-state index is 6.05. The molecule has 1 N–H and O–H groups in total. The van der Waals surface area contributed by atoms with Crippen molar-refractivity contribution < 1.29 is 4.74 Å². The zero-order chi connectivity index (χ0) is 14.3. The first-order valence-corrected chi connectivity index (χ1v) is 8.08. The van der Waals surface area contributed by atoms with E-state index in [2.05, 4.69) is 46.9 Å². The fourth-order valence-corrected chi connectivity index (χ4v) is 3.62. The summed E-state index contributed by atoms with van der Waals surface area (Å²) < 4.78 is 6.05. The first kappa shape index (κ1) is 15.3. The predicted octanol–water partition coefficient (Wildman–Crippen LogP) is 3.99. The summed E-state index contributed by atoms with van der Waals surface area (Å²) in [6.07, 6.45) is 5.68. The van der Waals surface area contributed by atoms with Crippen LogP contribution in [-0.2, 0) is 4.74 Å². The largest absolute Gasteiger partial charge is 0.377 e. The second-order valence-electron chi connectivity index (χ2n) is 8.60. The van der Waals surface area contributed by atoms with Crippen molar-refractivity contribution in [3.63, 3.8) is 0 Å². The van der Waals surface area contributed by atoms with Crippen LogP contribution in [0, 0.1) is 16.7 Å². The van der Waals surface area contributed by atoms with Gasteiger partial charge in [0.1, 0.15) is 0 Å². The number of hydrogen-bond donors (Lipinski definition) is 1. The van der Waals surface area contributed by atoms with Gasteiger partial charge < -0.3 is 10.1 Å². The van der Waals surface area contributed by atoms with Crippen LogP contribution in [0.25, 0.3) is 0 Å². The van der Waals surface area contributed by atoms with Crippen molar-refractivity contribution in [3.8, 4) is 0 Å². The highest BCUT2D eigenvalue weighted by molar-refractivity contribution is 5.04. The lowest BCUT2D eigenvalue weighted by atomic mass is 9.64. The Kier molecular flexibility index (Phi) is 4.32. The summed E-state index contributed by atoms with van der Waals surface area (Å²) >= 11 is 0. The summed E-state index contributed by atoms with van der Waals surface area (Å²) in [7, 11) is 0. The molecular weight excluding hydrogens is 234 g/mol. The van der Waals surface area contributed by atoms with Crippen LogP contribution < -0.4 is 5.32 Å². The van der Waals surface area contributed by atoms with Gasteiger partial charge in [0.05, 0.1) is 6.10 Å². The van der Waals surface area contributed by atoms with Crippen LogP contribution in [0.5, 0.6) is 0 Å². The van der Waals surface area contributed by atoms with Gasteiger partial charge in [-0.15, -0.1) is 0 Å². The van der Waals surface area contributed by atoms with Gasteiger partial charge in [-0.2, -0.15) is 0 Å². The van der Waals surface area contributed by atoms with Crippen LogP contribution in [0.3, 0.4) is 0 Å². The molecule has 0 aromatic heterocycles. The molecule has 19 heavy (non-hydrogen) atoms. The van der Waals surface area contributed by atoms with E-state index in [9.17, 15) is 0 Å². The molecule has 2 fully saturated rings. The van der Waals surface area contributed by atoms with E-state index in [-0.39, 0.29) is 0 Å². The smallest absolute Gasteiger partial charge is 0.0656 e. The Morgan fingerprint density at radius 1 is 1.21 bits per heavy atom. The molecule has 0 spiro atoms. The van der Waals surface area contributed by atoms with Gasteiger partial charge in [-0.1, -0.05) is 41.5 Å². The van der Waals surface area contributed by atoms with Crippen molar-refractivity contribution >= 4 is 0 Å². The normalized spacial score (nSPS) is 36.5. The predicted molar refractivity (Wildman–Crippen MR) is 81.3 cm³/mol. The van der Waals surface area contributed by atoms with Crippen molar-refractivity contribution in [1.29, 1.82) is 0 Å². The number of hydrogen-bond acceptors (Lipinski definition) is 2. The third-order valence-corrected chi connectivity index (χ3v) is 5.21. The molecule has 0 radical (unpaired) electrons. The minimum absolute atomic E-state index is 0.293. The van der Waals surface area contributed by atoms with E-state index in [1.165, 1.54) is 25.7 Å². The van der Waals surface area contributed by atoms with E-state index in [1.807, 2.05) is 0 Å². The highest BCUT2D eigenvalue weighted by Crippen LogP contribution is 2.45. The molecule has 0 bridgehead atoms. The Labute approximate surface area is 119 Å². The SMILES string of the molecule is CC(C)COC1CC(NC2CCC(C)(C)C2)C1(C)C. The van der Waals surface area contributed by atoms with Gasteiger partial charge in [-0.05, 0) is 37.0 Å². The summed E-state index contributed by atoms with van der Waals surface area (Å²) in [4.78, 5) is 0. The van der Waals surface area contributed by atoms with E-state index in [0.29, 0.717) is 28.9 Å². The van der Waals surface area contributed by atoms with E-state index in [0.717, 1.165) is 12.6 Å². The number of ether oxygens (including phenoxy) is 1.